The largest absolute Gasteiger partial charge is 0.325 e. The molecule has 2 nitrogen and oxygen atoms in total. The molecule has 1 heterocycles. The summed E-state index contributed by atoms with van der Waals surface area (Å²) in [5.41, 5.74) is 1.84. The van der Waals surface area contributed by atoms with Crippen LogP contribution in [0, 0.1) is 15.3 Å². The Labute approximate surface area is 148 Å². The SMILES string of the molecule is CC(C)[C@]1(c2ccc(I)cc2)CC12C(=O)Nc1ccc(F)cc12. The van der Waals surface area contributed by atoms with Gasteiger partial charge in [0.25, 0.3) is 0 Å². The molecule has 2 atom stereocenters. The lowest BCUT2D eigenvalue weighted by molar-refractivity contribution is -0.118. The number of hydrogen-bond donors (Lipinski definition) is 1. The second kappa shape index (κ2) is 4.79. The van der Waals surface area contributed by atoms with E-state index in [1.54, 1.807) is 6.07 Å². The first-order valence-electron chi connectivity index (χ1n) is 7.79. The van der Waals surface area contributed by atoms with E-state index in [0.717, 1.165) is 17.7 Å². The number of fused-ring (bicyclic) bond motifs is 2. The van der Waals surface area contributed by atoms with Crippen molar-refractivity contribution in [2.45, 2.75) is 31.1 Å². The molecule has 0 aromatic heterocycles. The Balaban J connectivity index is 1.92. The van der Waals surface area contributed by atoms with E-state index in [-0.39, 0.29) is 23.1 Å². The second-order valence-corrected chi connectivity index (χ2v) is 8.10. The van der Waals surface area contributed by atoms with E-state index in [4.69, 9.17) is 0 Å². The Bertz CT molecular complexity index is 817. The van der Waals surface area contributed by atoms with Gasteiger partial charge in [0.2, 0.25) is 5.91 Å². The molecule has 0 radical (unpaired) electrons. The number of carbonyl (C=O) groups excluding carboxylic acids is 1. The number of benzene rings is 2. The Morgan fingerprint density at radius 3 is 2.52 bits per heavy atom. The highest BCUT2D eigenvalue weighted by molar-refractivity contribution is 14.1. The molecule has 1 amide bonds. The van der Waals surface area contributed by atoms with E-state index in [0.29, 0.717) is 0 Å². The van der Waals surface area contributed by atoms with Gasteiger partial charge in [0, 0.05) is 14.7 Å². The van der Waals surface area contributed by atoms with Crippen molar-refractivity contribution < 1.29 is 9.18 Å². The van der Waals surface area contributed by atoms with Crippen LogP contribution in [0.15, 0.2) is 42.5 Å². The van der Waals surface area contributed by atoms with Crippen LogP contribution >= 0.6 is 22.6 Å². The van der Waals surface area contributed by atoms with Gasteiger partial charge in [-0.15, -0.1) is 0 Å². The monoisotopic (exact) mass is 421 g/mol. The Kier molecular flexibility index (Phi) is 3.15. The molecule has 4 rings (SSSR count). The summed E-state index contributed by atoms with van der Waals surface area (Å²) < 4.78 is 15.0. The summed E-state index contributed by atoms with van der Waals surface area (Å²) in [5, 5.41) is 2.96. The van der Waals surface area contributed by atoms with Crippen LogP contribution < -0.4 is 5.32 Å². The van der Waals surface area contributed by atoms with Crippen LogP contribution in [0.3, 0.4) is 0 Å². The van der Waals surface area contributed by atoms with Crippen LogP contribution in [0.5, 0.6) is 0 Å². The number of amides is 1. The molecule has 0 saturated heterocycles. The van der Waals surface area contributed by atoms with Crippen molar-refractivity contribution >= 4 is 34.2 Å². The number of nitrogens with one attached hydrogen (secondary N) is 1. The lowest BCUT2D eigenvalue weighted by atomic mass is 9.75. The quantitative estimate of drug-likeness (QED) is 0.705. The van der Waals surface area contributed by atoms with Crippen LogP contribution in [0.2, 0.25) is 0 Å². The lowest BCUT2D eigenvalue weighted by Crippen LogP contribution is -2.33. The molecule has 1 aliphatic carbocycles. The van der Waals surface area contributed by atoms with Gasteiger partial charge in [0.15, 0.2) is 0 Å². The number of rotatable bonds is 2. The predicted octanol–water partition coefficient (Wildman–Crippen LogP) is 4.62. The number of carbonyl (C=O) groups is 1. The van der Waals surface area contributed by atoms with E-state index in [2.05, 4.69) is 66.0 Å². The molecule has 0 bridgehead atoms. The summed E-state index contributed by atoms with van der Waals surface area (Å²) in [7, 11) is 0. The van der Waals surface area contributed by atoms with Gasteiger partial charge in [0.05, 0.1) is 5.41 Å². The molecule has 1 fully saturated rings. The molecular weight excluding hydrogens is 404 g/mol. The number of hydrogen-bond acceptors (Lipinski definition) is 1. The normalized spacial score (nSPS) is 28.1. The van der Waals surface area contributed by atoms with E-state index in [9.17, 15) is 9.18 Å². The summed E-state index contributed by atoms with van der Waals surface area (Å²) in [5.74, 6) is -0.000306. The van der Waals surface area contributed by atoms with E-state index in [1.807, 2.05) is 0 Å². The standard InChI is InChI=1S/C19H17FINO/c1-11(2)18(12-3-6-14(21)7-4-12)10-19(18)15-9-13(20)5-8-16(15)22-17(19)23/h3-9,11H,10H2,1-2H3,(H,22,23)/t18-,19?/m0/s1. The van der Waals surface area contributed by atoms with Crippen LogP contribution in [0.1, 0.15) is 31.4 Å². The smallest absolute Gasteiger partial charge is 0.236 e. The Morgan fingerprint density at radius 2 is 1.87 bits per heavy atom. The third-order valence-electron chi connectivity index (χ3n) is 5.60. The van der Waals surface area contributed by atoms with Crippen molar-refractivity contribution in [1.82, 2.24) is 0 Å². The van der Waals surface area contributed by atoms with Crippen molar-refractivity contribution in [3.8, 4) is 0 Å². The van der Waals surface area contributed by atoms with Crippen LogP contribution in [-0.4, -0.2) is 5.91 Å². The fourth-order valence-electron chi connectivity index (χ4n) is 4.45. The third kappa shape index (κ3) is 1.81. The molecule has 1 aliphatic heterocycles. The fourth-order valence-corrected chi connectivity index (χ4v) is 4.81. The summed E-state index contributed by atoms with van der Waals surface area (Å²) in [6, 6.07) is 13.0. The lowest BCUT2D eigenvalue weighted by Gasteiger charge is -2.26. The van der Waals surface area contributed by atoms with Gasteiger partial charge in [-0.3, -0.25) is 4.79 Å². The molecule has 118 valence electrons. The van der Waals surface area contributed by atoms with E-state index in [1.165, 1.54) is 21.3 Å². The first-order valence-corrected chi connectivity index (χ1v) is 8.87. The van der Waals surface area contributed by atoms with Gasteiger partial charge in [-0.05, 0) is 76.4 Å². The third-order valence-corrected chi connectivity index (χ3v) is 6.32. The summed E-state index contributed by atoms with van der Waals surface area (Å²) in [6.07, 6.45) is 0.737. The van der Waals surface area contributed by atoms with Crippen molar-refractivity contribution in [1.29, 1.82) is 0 Å². The van der Waals surface area contributed by atoms with Gasteiger partial charge in [-0.1, -0.05) is 26.0 Å². The molecule has 2 aliphatic rings. The first-order chi connectivity index (χ1) is 10.9. The zero-order valence-electron chi connectivity index (χ0n) is 13.0. The predicted molar refractivity (Wildman–Crippen MR) is 97.0 cm³/mol. The molecule has 4 heteroatoms. The van der Waals surface area contributed by atoms with Gasteiger partial charge >= 0.3 is 0 Å². The summed E-state index contributed by atoms with van der Waals surface area (Å²) in [4.78, 5) is 12.9. The highest BCUT2D eigenvalue weighted by atomic mass is 127. The Morgan fingerprint density at radius 1 is 1.17 bits per heavy atom. The minimum absolute atomic E-state index is 0.00495. The molecular formula is C19H17FINO. The summed E-state index contributed by atoms with van der Waals surface area (Å²) in [6.45, 7) is 4.30. The maximum Gasteiger partial charge on any atom is 0.236 e. The van der Waals surface area contributed by atoms with Crippen molar-refractivity contribution in [2.75, 3.05) is 5.32 Å². The molecule has 1 N–H and O–H groups in total. The van der Waals surface area contributed by atoms with Crippen LogP contribution in [0.4, 0.5) is 10.1 Å². The van der Waals surface area contributed by atoms with Gasteiger partial charge in [0.1, 0.15) is 5.82 Å². The molecule has 1 spiro atoms. The van der Waals surface area contributed by atoms with Gasteiger partial charge < -0.3 is 5.32 Å². The summed E-state index contributed by atoms with van der Waals surface area (Å²) >= 11 is 2.28. The maximum absolute atomic E-state index is 13.8. The topological polar surface area (TPSA) is 29.1 Å². The second-order valence-electron chi connectivity index (χ2n) is 6.86. The highest BCUT2D eigenvalue weighted by Crippen LogP contribution is 2.72. The van der Waals surface area contributed by atoms with E-state index >= 15 is 0 Å². The average Bonchev–Trinajstić information content (AvgIpc) is 3.15. The van der Waals surface area contributed by atoms with Crippen LogP contribution in [0.25, 0.3) is 0 Å². The zero-order chi connectivity index (χ0) is 16.4. The maximum atomic E-state index is 13.8. The molecule has 1 saturated carbocycles. The first kappa shape index (κ1) is 15.1. The average molecular weight is 421 g/mol. The highest BCUT2D eigenvalue weighted by Gasteiger charge is 2.76. The molecule has 1 unspecified atom stereocenters. The van der Waals surface area contributed by atoms with Gasteiger partial charge in [-0.2, -0.15) is 0 Å². The van der Waals surface area contributed by atoms with Gasteiger partial charge in [-0.25, -0.2) is 4.39 Å². The Hall–Kier alpha value is -1.43. The molecule has 23 heavy (non-hydrogen) atoms. The zero-order valence-corrected chi connectivity index (χ0v) is 15.1. The van der Waals surface area contributed by atoms with E-state index < -0.39 is 5.41 Å². The van der Waals surface area contributed by atoms with Crippen molar-refractivity contribution in [2.24, 2.45) is 5.92 Å². The molecule has 2 aromatic carbocycles. The molecule has 2 aromatic rings. The number of halogens is 2. The minimum Gasteiger partial charge on any atom is -0.325 e. The fraction of sp³-hybridized carbons (Fsp3) is 0.316. The minimum atomic E-state index is -0.634. The van der Waals surface area contributed by atoms with Crippen molar-refractivity contribution in [3.05, 3.63) is 63.0 Å². The van der Waals surface area contributed by atoms with Crippen LogP contribution in [-0.2, 0) is 15.6 Å². The van der Waals surface area contributed by atoms with Crippen molar-refractivity contribution in [3.63, 3.8) is 0 Å². The number of anilines is 1.